The topological polar surface area (TPSA) is 101 Å². The molecule has 0 spiro atoms. The zero-order chi connectivity index (χ0) is 31.0. The average Bonchev–Trinajstić information content (AvgIpc) is 3.70. The molecule has 2 aliphatic rings. The van der Waals surface area contributed by atoms with Gasteiger partial charge in [-0.1, -0.05) is 0 Å². The van der Waals surface area contributed by atoms with Gasteiger partial charge in [0.1, 0.15) is 24.7 Å². The Bertz CT molecular complexity index is 1690. The van der Waals surface area contributed by atoms with Gasteiger partial charge in [-0.15, -0.1) is 0 Å². The van der Waals surface area contributed by atoms with Crippen molar-refractivity contribution in [2.75, 3.05) is 71.6 Å². The fourth-order valence-electron chi connectivity index (χ4n) is 6.23. The summed E-state index contributed by atoms with van der Waals surface area (Å²) < 4.78 is 22.0. The second kappa shape index (κ2) is 14.6. The fraction of sp³-hybridized carbons (Fsp3) is 0.389. The number of H-pyrrole nitrogens is 2. The first-order valence-electron chi connectivity index (χ1n) is 16.0. The molecule has 0 saturated carbocycles. The van der Waals surface area contributed by atoms with E-state index in [9.17, 15) is 0 Å². The summed E-state index contributed by atoms with van der Waals surface area (Å²) in [4.78, 5) is 11.6. The van der Waals surface area contributed by atoms with E-state index in [2.05, 4.69) is 62.5 Å². The molecule has 0 aliphatic carbocycles. The molecule has 2 aliphatic heterocycles. The highest BCUT2D eigenvalue weighted by Crippen LogP contribution is 2.34. The van der Waals surface area contributed by atoms with Crippen LogP contribution in [0.4, 0.5) is 5.69 Å². The van der Waals surface area contributed by atoms with Gasteiger partial charge >= 0.3 is 0 Å². The third kappa shape index (κ3) is 7.32. The Labute approximate surface area is 265 Å². The molecule has 0 bridgehead atoms. The Morgan fingerprint density at radius 2 is 1.31 bits per heavy atom. The third-order valence-corrected chi connectivity index (χ3v) is 8.78. The second-order valence-electron chi connectivity index (χ2n) is 11.6. The molecule has 238 valence electrons. The van der Waals surface area contributed by atoms with Gasteiger partial charge in [-0.05, 0) is 98.4 Å². The summed E-state index contributed by atoms with van der Waals surface area (Å²) >= 11 is 0. The summed E-state index contributed by atoms with van der Waals surface area (Å²) in [5, 5.41) is 2.51. The van der Waals surface area contributed by atoms with Crippen LogP contribution < -0.4 is 29.6 Å². The molecular formula is C36H45N5O4. The summed E-state index contributed by atoms with van der Waals surface area (Å²) in [7, 11) is 3.41. The van der Waals surface area contributed by atoms with Gasteiger partial charge in [0.15, 0.2) is 11.5 Å². The van der Waals surface area contributed by atoms with E-state index in [1.165, 1.54) is 33.1 Å². The summed E-state index contributed by atoms with van der Waals surface area (Å²) in [5.74, 6) is 3.55. The van der Waals surface area contributed by atoms with Crippen LogP contribution in [-0.4, -0.2) is 81.6 Å². The number of rotatable bonds is 10. The van der Waals surface area contributed by atoms with Crippen LogP contribution in [0.3, 0.4) is 0 Å². The molecule has 0 radical (unpaired) electrons. The zero-order valence-corrected chi connectivity index (χ0v) is 26.4. The number of aromatic amines is 2. The molecule has 1 saturated heterocycles. The number of piperazine rings is 1. The van der Waals surface area contributed by atoms with Crippen LogP contribution in [0.5, 0.6) is 23.0 Å². The van der Waals surface area contributed by atoms with E-state index in [1.807, 2.05) is 24.3 Å². The average molecular weight is 612 g/mol. The van der Waals surface area contributed by atoms with Crippen LogP contribution in [0.1, 0.15) is 24.0 Å². The molecule has 9 nitrogen and oxygen atoms in total. The Morgan fingerprint density at radius 1 is 0.711 bits per heavy atom. The molecule has 45 heavy (non-hydrogen) atoms. The van der Waals surface area contributed by atoms with Gasteiger partial charge in [0.05, 0.1) is 14.2 Å². The van der Waals surface area contributed by atoms with Crippen LogP contribution in [-0.2, 0) is 12.8 Å². The molecule has 2 aromatic heterocycles. The number of aromatic nitrogens is 2. The fourth-order valence-corrected chi connectivity index (χ4v) is 6.23. The van der Waals surface area contributed by atoms with Crippen LogP contribution in [0.25, 0.3) is 21.8 Å². The molecule has 7 rings (SSSR count). The number of nitrogens with two attached hydrogens (primary N) is 1. The molecule has 0 unspecified atom stereocenters. The third-order valence-electron chi connectivity index (χ3n) is 8.78. The van der Waals surface area contributed by atoms with Gasteiger partial charge in [0.25, 0.3) is 0 Å². The van der Waals surface area contributed by atoms with Crippen molar-refractivity contribution in [1.82, 2.24) is 14.9 Å². The number of nitrogens with one attached hydrogen (secondary N) is 2. The molecule has 5 aromatic rings. The lowest BCUT2D eigenvalue weighted by Gasteiger charge is -2.36. The number of aryl methyl sites for hydroxylation is 2. The maximum Gasteiger partial charge on any atom is 0.163 e. The number of methoxy groups -OCH3 is 2. The number of hydrogen-bond donors (Lipinski definition) is 3. The smallest absolute Gasteiger partial charge is 0.163 e. The number of hydrogen-bond acceptors (Lipinski definition) is 7. The molecular weight excluding hydrogens is 566 g/mol. The Kier molecular flexibility index (Phi) is 9.97. The lowest BCUT2D eigenvalue weighted by molar-refractivity contribution is 0.171. The number of nitrogens with zero attached hydrogens (tertiary/aromatic N) is 2. The highest BCUT2D eigenvalue weighted by Gasteiger charge is 2.20. The molecule has 9 heteroatoms. The molecule has 3 aromatic carbocycles. The van der Waals surface area contributed by atoms with Crippen molar-refractivity contribution in [2.24, 2.45) is 5.73 Å². The lowest BCUT2D eigenvalue weighted by Crippen LogP contribution is -2.46. The SMILES string of the molecule is COc1ccc2[nH]cc(CCCN)c2c1.COc1ccc2[nH]cc(CCCN3CCN(c4ccc5c(c4)OCCO5)CC3)c2c1. The van der Waals surface area contributed by atoms with Crippen LogP contribution >= 0.6 is 0 Å². The van der Waals surface area contributed by atoms with E-state index >= 15 is 0 Å². The van der Waals surface area contributed by atoms with Gasteiger partial charge in [0, 0.05) is 72.1 Å². The number of benzene rings is 3. The normalized spacial score (nSPS) is 14.8. The first kappa shape index (κ1) is 30.7. The summed E-state index contributed by atoms with van der Waals surface area (Å²) in [5.41, 5.74) is 11.8. The summed E-state index contributed by atoms with van der Waals surface area (Å²) in [6.45, 7) is 7.41. The second-order valence-corrected chi connectivity index (χ2v) is 11.6. The summed E-state index contributed by atoms with van der Waals surface area (Å²) in [6, 6.07) is 18.6. The van der Waals surface area contributed by atoms with Crippen molar-refractivity contribution in [1.29, 1.82) is 0 Å². The van der Waals surface area contributed by atoms with Crippen LogP contribution in [0.15, 0.2) is 67.0 Å². The van der Waals surface area contributed by atoms with E-state index in [0.29, 0.717) is 13.2 Å². The van der Waals surface area contributed by atoms with E-state index in [4.69, 9.17) is 24.7 Å². The van der Waals surface area contributed by atoms with E-state index in [0.717, 1.165) is 93.5 Å². The lowest BCUT2D eigenvalue weighted by atomic mass is 10.1. The minimum absolute atomic E-state index is 0.632. The highest BCUT2D eigenvalue weighted by atomic mass is 16.6. The van der Waals surface area contributed by atoms with Gasteiger partial charge < -0.3 is 39.5 Å². The minimum Gasteiger partial charge on any atom is -0.497 e. The largest absolute Gasteiger partial charge is 0.497 e. The molecule has 1 fully saturated rings. The minimum atomic E-state index is 0.632. The molecule has 4 heterocycles. The predicted molar refractivity (Wildman–Crippen MR) is 181 cm³/mol. The Balaban J connectivity index is 0.000000200. The number of ether oxygens (including phenoxy) is 4. The van der Waals surface area contributed by atoms with E-state index in [1.54, 1.807) is 14.2 Å². The summed E-state index contributed by atoms with van der Waals surface area (Å²) in [6.07, 6.45) is 8.47. The van der Waals surface area contributed by atoms with Gasteiger partial charge in [-0.3, -0.25) is 4.90 Å². The molecule has 0 amide bonds. The molecule has 0 atom stereocenters. The van der Waals surface area contributed by atoms with Crippen LogP contribution in [0, 0.1) is 0 Å². The first-order chi connectivity index (χ1) is 22.1. The van der Waals surface area contributed by atoms with Gasteiger partial charge in [-0.2, -0.15) is 0 Å². The van der Waals surface area contributed by atoms with Crippen molar-refractivity contribution < 1.29 is 18.9 Å². The monoisotopic (exact) mass is 611 g/mol. The molecule has 4 N–H and O–H groups in total. The standard InChI is InChI=1S/C24H29N3O3.C12H16N2O/c1-28-20-5-6-22-21(16-20)18(17-25-22)3-2-8-26-9-11-27(12-10-26)19-4-7-23-24(15-19)30-14-13-29-23;1-15-10-4-5-12-11(7-10)9(8-14-12)3-2-6-13/h4-7,15-17,25H,2-3,8-14H2,1H3;4-5,7-8,14H,2-3,6,13H2,1H3. The maximum absolute atomic E-state index is 5.74. The van der Waals surface area contributed by atoms with Gasteiger partial charge in [-0.25, -0.2) is 0 Å². The van der Waals surface area contributed by atoms with Crippen molar-refractivity contribution in [2.45, 2.75) is 25.7 Å². The van der Waals surface area contributed by atoms with E-state index in [-0.39, 0.29) is 0 Å². The number of fused-ring (bicyclic) bond motifs is 3. The van der Waals surface area contributed by atoms with Crippen LogP contribution in [0.2, 0.25) is 0 Å². The van der Waals surface area contributed by atoms with Crippen molar-refractivity contribution in [3.63, 3.8) is 0 Å². The van der Waals surface area contributed by atoms with Gasteiger partial charge in [0.2, 0.25) is 0 Å². The van der Waals surface area contributed by atoms with E-state index < -0.39 is 0 Å². The van der Waals surface area contributed by atoms with Crippen molar-refractivity contribution in [3.8, 4) is 23.0 Å². The van der Waals surface area contributed by atoms with Crippen molar-refractivity contribution in [3.05, 3.63) is 78.1 Å². The highest BCUT2D eigenvalue weighted by molar-refractivity contribution is 5.85. The number of anilines is 1. The maximum atomic E-state index is 5.74. The van der Waals surface area contributed by atoms with Crippen molar-refractivity contribution >= 4 is 27.5 Å². The Hall–Kier alpha value is -4.34. The quantitative estimate of drug-likeness (QED) is 0.184. The zero-order valence-electron chi connectivity index (χ0n) is 26.4. The Morgan fingerprint density at radius 3 is 1.91 bits per heavy atom. The first-order valence-corrected chi connectivity index (χ1v) is 16.0. The predicted octanol–water partition coefficient (Wildman–Crippen LogP) is 5.77.